The van der Waals surface area contributed by atoms with E-state index in [4.69, 9.17) is 46.4 Å². The fraction of sp³-hybridized carbons (Fsp3) is 0.273. The summed E-state index contributed by atoms with van der Waals surface area (Å²) in [5, 5.41) is 16.2. The summed E-state index contributed by atoms with van der Waals surface area (Å²) in [6.45, 7) is 3.92. The van der Waals surface area contributed by atoms with Gasteiger partial charge in [-0.2, -0.15) is 0 Å². The van der Waals surface area contributed by atoms with Crippen molar-refractivity contribution in [2.24, 2.45) is 13.0 Å². The highest BCUT2D eigenvalue weighted by Gasteiger charge is 2.26. The van der Waals surface area contributed by atoms with Crippen molar-refractivity contribution >= 4 is 75.7 Å². The Bertz CT molecular complexity index is 1220. The van der Waals surface area contributed by atoms with Gasteiger partial charge in [-0.15, -0.1) is 10.2 Å². The molecular formula is C22H21Cl4N5O2S. The van der Waals surface area contributed by atoms with Gasteiger partial charge in [0.2, 0.25) is 5.91 Å². The van der Waals surface area contributed by atoms with E-state index in [2.05, 4.69) is 20.8 Å². The van der Waals surface area contributed by atoms with Gasteiger partial charge in [0.15, 0.2) is 11.0 Å². The number of rotatable bonds is 8. The van der Waals surface area contributed by atoms with Gasteiger partial charge in [0.25, 0.3) is 5.91 Å². The number of hydrogen-bond donors (Lipinski definition) is 2. The van der Waals surface area contributed by atoms with Crippen LogP contribution in [0.15, 0.2) is 41.6 Å². The van der Waals surface area contributed by atoms with Crippen molar-refractivity contribution in [2.75, 3.05) is 11.1 Å². The molecule has 180 valence electrons. The Kier molecular flexibility index (Phi) is 9.12. The standard InChI is InChI=1S/C22H21Cl4N5O2S/c1-11(2)19(28-21(33)14-6-4-12(23)8-16(14)25)20-29-30-22(31(20)3)34-10-18(32)27-13-5-7-15(24)17(26)9-13/h4-9,11,19H,10H2,1-3H3,(H,27,32)(H,28,33)/t19-/m1/s1. The summed E-state index contributed by atoms with van der Waals surface area (Å²) >= 11 is 25.2. The molecule has 3 aromatic rings. The number of halogens is 4. The number of amides is 2. The Morgan fingerprint density at radius 3 is 2.38 bits per heavy atom. The minimum atomic E-state index is -0.434. The molecule has 34 heavy (non-hydrogen) atoms. The van der Waals surface area contributed by atoms with Gasteiger partial charge >= 0.3 is 0 Å². The molecule has 0 aliphatic heterocycles. The maximum absolute atomic E-state index is 12.8. The largest absolute Gasteiger partial charge is 0.342 e. The SMILES string of the molecule is CC(C)[C@@H](NC(=O)c1ccc(Cl)cc1Cl)c1nnc(SCC(=O)Nc2ccc(Cl)c(Cl)c2)n1C. The van der Waals surface area contributed by atoms with E-state index < -0.39 is 6.04 Å². The van der Waals surface area contributed by atoms with Crippen LogP contribution in [0.2, 0.25) is 20.1 Å². The van der Waals surface area contributed by atoms with Crippen molar-refractivity contribution in [3.05, 3.63) is 67.9 Å². The predicted octanol–water partition coefficient (Wildman–Crippen LogP) is 6.29. The zero-order chi connectivity index (χ0) is 25.0. The van der Waals surface area contributed by atoms with E-state index in [-0.39, 0.29) is 28.5 Å². The van der Waals surface area contributed by atoms with Crippen LogP contribution in [0.5, 0.6) is 0 Å². The number of carbonyl (C=O) groups excluding carboxylic acids is 2. The molecule has 1 aromatic heterocycles. The van der Waals surface area contributed by atoms with Gasteiger partial charge in [0, 0.05) is 17.8 Å². The minimum absolute atomic E-state index is 0.00808. The molecule has 0 spiro atoms. The number of aromatic nitrogens is 3. The molecule has 2 aromatic carbocycles. The highest BCUT2D eigenvalue weighted by atomic mass is 35.5. The summed E-state index contributed by atoms with van der Waals surface area (Å²) in [4.78, 5) is 25.2. The van der Waals surface area contributed by atoms with Gasteiger partial charge in [-0.1, -0.05) is 72.0 Å². The first-order valence-electron chi connectivity index (χ1n) is 10.1. The maximum Gasteiger partial charge on any atom is 0.253 e. The van der Waals surface area contributed by atoms with Crippen LogP contribution < -0.4 is 10.6 Å². The molecule has 0 fully saturated rings. The Labute approximate surface area is 221 Å². The van der Waals surface area contributed by atoms with Crippen LogP contribution in [-0.2, 0) is 11.8 Å². The summed E-state index contributed by atoms with van der Waals surface area (Å²) < 4.78 is 1.76. The van der Waals surface area contributed by atoms with Gasteiger partial charge in [0.05, 0.1) is 32.4 Å². The highest BCUT2D eigenvalue weighted by Crippen LogP contribution is 2.27. The quantitative estimate of drug-likeness (QED) is 0.316. The summed E-state index contributed by atoms with van der Waals surface area (Å²) in [5.41, 5.74) is 0.856. The lowest BCUT2D eigenvalue weighted by Gasteiger charge is -2.22. The van der Waals surface area contributed by atoms with Crippen molar-refractivity contribution < 1.29 is 9.59 Å². The minimum Gasteiger partial charge on any atom is -0.342 e. The molecule has 0 saturated carbocycles. The van der Waals surface area contributed by atoms with E-state index in [1.54, 1.807) is 41.9 Å². The van der Waals surface area contributed by atoms with Crippen molar-refractivity contribution in [3.8, 4) is 0 Å². The second kappa shape index (κ2) is 11.6. The zero-order valence-corrected chi connectivity index (χ0v) is 22.2. The molecular weight excluding hydrogens is 540 g/mol. The first-order valence-corrected chi connectivity index (χ1v) is 12.6. The molecule has 2 N–H and O–H groups in total. The molecule has 0 unspecified atom stereocenters. The fourth-order valence-electron chi connectivity index (χ4n) is 3.05. The smallest absolute Gasteiger partial charge is 0.253 e. The van der Waals surface area contributed by atoms with E-state index in [1.165, 1.54) is 17.8 Å². The number of hydrogen-bond acceptors (Lipinski definition) is 5. The Morgan fingerprint density at radius 1 is 1.00 bits per heavy atom. The second-order valence-electron chi connectivity index (χ2n) is 7.68. The monoisotopic (exact) mass is 559 g/mol. The predicted molar refractivity (Wildman–Crippen MR) is 138 cm³/mol. The van der Waals surface area contributed by atoms with Crippen LogP contribution in [0.4, 0.5) is 5.69 Å². The third kappa shape index (κ3) is 6.58. The van der Waals surface area contributed by atoms with Crippen LogP contribution in [0, 0.1) is 5.92 Å². The lowest BCUT2D eigenvalue weighted by atomic mass is 10.0. The van der Waals surface area contributed by atoms with Gasteiger partial charge in [0.1, 0.15) is 0 Å². The first-order chi connectivity index (χ1) is 16.1. The van der Waals surface area contributed by atoms with E-state index >= 15 is 0 Å². The normalized spacial score (nSPS) is 12.0. The average molecular weight is 561 g/mol. The van der Waals surface area contributed by atoms with Crippen molar-refractivity contribution in [3.63, 3.8) is 0 Å². The van der Waals surface area contributed by atoms with Crippen molar-refractivity contribution in [1.82, 2.24) is 20.1 Å². The number of thioether (sulfide) groups is 1. The van der Waals surface area contributed by atoms with Crippen molar-refractivity contribution in [1.29, 1.82) is 0 Å². The lowest BCUT2D eigenvalue weighted by molar-refractivity contribution is -0.113. The number of nitrogens with one attached hydrogen (secondary N) is 2. The molecule has 7 nitrogen and oxygen atoms in total. The van der Waals surface area contributed by atoms with Gasteiger partial charge in [-0.3, -0.25) is 9.59 Å². The van der Waals surface area contributed by atoms with E-state index in [9.17, 15) is 9.59 Å². The Balaban J connectivity index is 1.68. The number of carbonyl (C=O) groups is 2. The first kappa shape index (κ1) is 26.6. The molecule has 0 saturated heterocycles. The third-order valence-electron chi connectivity index (χ3n) is 4.81. The van der Waals surface area contributed by atoms with E-state index in [0.29, 0.717) is 37.3 Å². The molecule has 0 bridgehead atoms. The highest BCUT2D eigenvalue weighted by molar-refractivity contribution is 7.99. The summed E-state index contributed by atoms with van der Waals surface area (Å²) in [7, 11) is 1.78. The molecule has 0 radical (unpaired) electrons. The van der Waals surface area contributed by atoms with Gasteiger partial charge in [-0.25, -0.2) is 0 Å². The molecule has 1 heterocycles. The molecule has 1 atom stereocenters. The van der Waals surface area contributed by atoms with E-state index in [1.807, 2.05) is 13.8 Å². The van der Waals surface area contributed by atoms with Crippen LogP contribution in [0.25, 0.3) is 0 Å². The number of benzene rings is 2. The van der Waals surface area contributed by atoms with Crippen LogP contribution in [0.1, 0.15) is 36.1 Å². The summed E-state index contributed by atoms with van der Waals surface area (Å²) in [6.07, 6.45) is 0. The Hall–Kier alpha value is -1.97. The number of nitrogens with zero attached hydrogens (tertiary/aromatic N) is 3. The molecule has 2 amide bonds. The van der Waals surface area contributed by atoms with Gasteiger partial charge < -0.3 is 15.2 Å². The summed E-state index contributed by atoms with van der Waals surface area (Å²) in [6, 6.07) is 9.11. The topological polar surface area (TPSA) is 88.9 Å². The average Bonchev–Trinajstić information content (AvgIpc) is 3.12. The maximum atomic E-state index is 12.8. The fourth-order valence-corrected chi connectivity index (χ4v) is 4.56. The van der Waals surface area contributed by atoms with Crippen LogP contribution >= 0.6 is 58.2 Å². The molecule has 12 heteroatoms. The molecule has 3 rings (SSSR count). The summed E-state index contributed by atoms with van der Waals surface area (Å²) in [5.74, 6) is 0.0813. The third-order valence-corrected chi connectivity index (χ3v) is 7.12. The lowest BCUT2D eigenvalue weighted by Crippen LogP contribution is -2.33. The zero-order valence-electron chi connectivity index (χ0n) is 18.4. The second-order valence-corrected chi connectivity index (χ2v) is 10.3. The molecule has 0 aliphatic carbocycles. The molecule has 0 aliphatic rings. The van der Waals surface area contributed by atoms with Crippen molar-refractivity contribution in [2.45, 2.75) is 25.0 Å². The van der Waals surface area contributed by atoms with Crippen LogP contribution in [0.3, 0.4) is 0 Å². The number of anilines is 1. The van der Waals surface area contributed by atoms with Gasteiger partial charge in [-0.05, 0) is 42.3 Å². The van der Waals surface area contributed by atoms with E-state index in [0.717, 1.165) is 0 Å². The Morgan fingerprint density at radius 2 is 1.74 bits per heavy atom. The van der Waals surface area contributed by atoms with Crippen LogP contribution in [-0.4, -0.2) is 32.3 Å².